The van der Waals surface area contributed by atoms with Crippen LogP contribution in [0.4, 0.5) is 0 Å². The van der Waals surface area contributed by atoms with Crippen LogP contribution in [0.25, 0.3) is 0 Å². The number of thiophene rings is 1. The zero-order valence-corrected chi connectivity index (χ0v) is 11.9. The van der Waals surface area contributed by atoms with Crippen molar-refractivity contribution in [1.82, 2.24) is 0 Å². The van der Waals surface area contributed by atoms with Gasteiger partial charge in [0, 0.05) is 17.9 Å². The van der Waals surface area contributed by atoms with E-state index < -0.39 is 5.60 Å². The molecule has 0 radical (unpaired) electrons. The Morgan fingerprint density at radius 1 is 1.33 bits per heavy atom. The Hall–Kier alpha value is -0.670. The first-order valence-electron chi connectivity index (χ1n) is 6.96. The van der Waals surface area contributed by atoms with Gasteiger partial charge in [-0.25, -0.2) is 0 Å². The topological polar surface area (TPSA) is 26.3 Å². The van der Waals surface area contributed by atoms with Gasteiger partial charge in [0.2, 0.25) is 0 Å². The molecule has 100 valence electrons. The van der Waals surface area contributed by atoms with E-state index in [9.17, 15) is 4.79 Å². The predicted molar refractivity (Wildman–Crippen MR) is 75.1 cm³/mol. The van der Waals surface area contributed by atoms with E-state index in [1.165, 1.54) is 12.8 Å². The maximum Gasteiger partial charge on any atom is 0.169 e. The predicted octanol–water partition coefficient (Wildman–Crippen LogP) is 3.99. The number of carbonyl (C=O) groups excluding carboxylic acids is 1. The van der Waals surface area contributed by atoms with E-state index in [1.807, 2.05) is 24.4 Å². The molecule has 18 heavy (non-hydrogen) atoms. The van der Waals surface area contributed by atoms with Gasteiger partial charge in [0.05, 0.1) is 0 Å². The van der Waals surface area contributed by atoms with Crippen molar-refractivity contribution in [2.24, 2.45) is 0 Å². The van der Waals surface area contributed by atoms with E-state index in [2.05, 4.69) is 0 Å². The van der Waals surface area contributed by atoms with Gasteiger partial charge in [-0.2, -0.15) is 0 Å². The zero-order valence-electron chi connectivity index (χ0n) is 11.1. The van der Waals surface area contributed by atoms with Crippen LogP contribution in [0, 0.1) is 0 Å². The molecule has 0 spiro atoms. The van der Waals surface area contributed by atoms with E-state index in [1.54, 1.807) is 11.3 Å². The fourth-order valence-electron chi connectivity index (χ4n) is 2.81. The van der Waals surface area contributed by atoms with Gasteiger partial charge in [-0.1, -0.05) is 31.7 Å². The first-order valence-corrected chi connectivity index (χ1v) is 7.84. The van der Waals surface area contributed by atoms with Crippen LogP contribution in [-0.2, 0) is 16.0 Å². The Balaban J connectivity index is 2.09. The third kappa shape index (κ3) is 3.21. The monoisotopic (exact) mass is 266 g/mol. The van der Waals surface area contributed by atoms with Crippen LogP contribution in [0.5, 0.6) is 0 Å². The maximum atomic E-state index is 12.6. The van der Waals surface area contributed by atoms with E-state index in [0.29, 0.717) is 13.0 Å². The summed E-state index contributed by atoms with van der Waals surface area (Å²) in [6.45, 7) is 2.63. The lowest BCUT2D eigenvalue weighted by atomic mass is 9.87. The highest BCUT2D eigenvalue weighted by molar-refractivity contribution is 7.10. The minimum absolute atomic E-state index is 0.286. The van der Waals surface area contributed by atoms with Gasteiger partial charge in [-0.3, -0.25) is 4.79 Å². The van der Waals surface area contributed by atoms with Crippen LogP contribution < -0.4 is 0 Å². The molecule has 0 N–H and O–H groups in total. The maximum absolute atomic E-state index is 12.6. The summed E-state index contributed by atoms with van der Waals surface area (Å²) in [5, 5.41) is 2.03. The Kier molecular flexibility index (Phi) is 4.95. The molecule has 3 heteroatoms. The second kappa shape index (κ2) is 6.48. The highest BCUT2D eigenvalue weighted by Crippen LogP contribution is 2.32. The lowest BCUT2D eigenvalue weighted by molar-refractivity contribution is -0.145. The molecule has 1 heterocycles. The summed E-state index contributed by atoms with van der Waals surface area (Å²) in [7, 11) is 0. The minimum Gasteiger partial charge on any atom is -0.367 e. The number of ketones is 1. The zero-order chi connectivity index (χ0) is 12.8. The normalized spacial score (nSPS) is 19.4. The summed E-state index contributed by atoms with van der Waals surface area (Å²) in [5.41, 5.74) is -0.491. The summed E-state index contributed by atoms with van der Waals surface area (Å²) in [6.07, 6.45) is 7.07. The van der Waals surface area contributed by atoms with Gasteiger partial charge in [0.1, 0.15) is 5.60 Å². The number of hydrogen-bond donors (Lipinski definition) is 0. The lowest BCUT2D eigenvalue weighted by Gasteiger charge is -2.31. The first kappa shape index (κ1) is 13.8. The Morgan fingerprint density at radius 3 is 2.61 bits per heavy atom. The second-order valence-corrected chi connectivity index (χ2v) is 6.05. The number of Topliss-reactive ketones (excluding diaryl/α,β-unsaturated/α-hetero) is 1. The Labute approximate surface area is 113 Å². The summed E-state index contributed by atoms with van der Waals surface area (Å²) in [6, 6.07) is 4.05. The molecular formula is C15H22O2S. The van der Waals surface area contributed by atoms with E-state index >= 15 is 0 Å². The molecule has 0 aromatic carbocycles. The van der Waals surface area contributed by atoms with Crippen molar-refractivity contribution in [3.63, 3.8) is 0 Å². The van der Waals surface area contributed by atoms with Gasteiger partial charge in [0.15, 0.2) is 5.78 Å². The first-order chi connectivity index (χ1) is 8.77. The number of rotatable bonds is 5. The molecule has 1 aromatic heterocycles. The van der Waals surface area contributed by atoms with Crippen molar-refractivity contribution < 1.29 is 9.53 Å². The highest BCUT2D eigenvalue weighted by Gasteiger charge is 2.38. The molecule has 1 aliphatic rings. The van der Waals surface area contributed by atoms with Crippen molar-refractivity contribution in [3.8, 4) is 0 Å². The molecule has 0 unspecified atom stereocenters. The molecule has 0 atom stereocenters. The number of ether oxygens (including phenoxy) is 1. The van der Waals surface area contributed by atoms with Gasteiger partial charge < -0.3 is 4.74 Å². The average Bonchev–Trinajstić information content (AvgIpc) is 2.74. The Bertz CT molecular complexity index is 362. The number of hydrogen-bond acceptors (Lipinski definition) is 3. The van der Waals surface area contributed by atoms with E-state index in [4.69, 9.17) is 4.74 Å². The van der Waals surface area contributed by atoms with Gasteiger partial charge in [-0.05, 0) is 31.2 Å². The molecule has 1 saturated carbocycles. The van der Waals surface area contributed by atoms with Gasteiger partial charge in [0.25, 0.3) is 0 Å². The molecule has 1 fully saturated rings. The second-order valence-electron chi connectivity index (χ2n) is 5.02. The quantitative estimate of drug-likeness (QED) is 0.753. The minimum atomic E-state index is -0.491. The third-order valence-electron chi connectivity index (χ3n) is 3.75. The Morgan fingerprint density at radius 2 is 2.06 bits per heavy atom. The van der Waals surface area contributed by atoms with E-state index in [-0.39, 0.29) is 5.78 Å². The van der Waals surface area contributed by atoms with Crippen molar-refractivity contribution in [2.75, 3.05) is 6.61 Å². The summed E-state index contributed by atoms with van der Waals surface area (Å²) in [5.74, 6) is 0.286. The van der Waals surface area contributed by atoms with Crippen molar-refractivity contribution in [3.05, 3.63) is 22.4 Å². The van der Waals surface area contributed by atoms with Crippen LogP contribution in [0.2, 0.25) is 0 Å². The van der Waals surface area contributed by atoms with Crippen LogP contribution in [0.3, 0.4) is 0 Å². The molecule has 2 rings (SSSR count). The largest absolute Gasteiger partial charge is 0.367 e. The standard InChI is InChI=1S/C15H22O2S/c1-2-17-15(9-5-3-4-6-10-15)14(16)12-13-8-7-11-18-13/h7-8,11H,2-6,9-10,12H2,1H3. The molecule has 1 aromatic rings. The molecule has 1 aliphatic carbocycles. The molecule has 2 nitrogen and oxygen atoms in total. The molecule has 0 aliphatic heterocycles. The van der Waals surface area contributed by atoms with Crippen LogP contribution in [0.15, 0.2) is 17.5 Å². The lowest BCUT2D eigenvalue weighted by Crippen LogP contribution is -2.42. The highest BCUT2D eigenvalue weighted by atomic mass is 32.1. The molecule has 0 saturated heterocycles. The van der Waals surface area contributed by atoms with Crippen molar-refractivity contribution >= 4 is 17.1 Å². The van der Waals surface area contributed by atoms with Crippen LogP contribution >= 0.6 is 11.3 Å². The third-order valence-corrected chi connectivity index (χ3v) is 4.63. The molecule has 0 amide bonds. The summed E-state index contributed by atoms with van der Waals surface area (Å²) in [4.78, 5) is 13.8. The summed E-state index contributed by atoms with van der Waals surface area (Å²) >= 11 is 1.66. The fourth-order valence-corrected chi connectivity index (χ4v) is 3.52. The SMILES string of the molecule is CCOC1(C(=O)Cc2cccs2)CCCCCC1. The van der Waals surface area contributed by atoms with Gasteiger partial charge >= 0.3 is 0 Å². The number of carbonyl (C=O) groups is 1. The van der Waals surface area contributed by atoms with Gasteiger partial charge in [-0.15, -0.1) is 11.3 Å². The molecular weight excluding hydrogens is 244 g/mol. The average molecular weight is 266 g/mol. The van der Waals surface area contributed by atoms with Crippen molar-refractivity contribution in [2.45, 2.75) is 57.5 Å². The van der Waals surface area contributed by atoms with Crippen LogP contribution in [-0.4, -0.2) is 18.0 Å². The van der Waals surface area contributed by atoms with E-state index in [0.717, 1.165) is 30.6 Å². The summed E-state index contributed by atoms with van der Waals surface area (Å²) < 4.78 is 5.92. The molecule has 0 bridgehead atoms. The smallest absolute Gasteiger partial charge is 0.169 e. The van der Waals surface area contributed by atoms with Crippen molar-refractivity contribution in [1.29, 1.82) is 0 Å². The fraction of sp³-hybridized carbons (Fsp3) is 0.667. The van der Waals surface area contributed by atoms with Crippen LogP contribution in [0.1, 0.15) is 50.3 Å².